The number of fused-ring (bicyclic) bond motifs is 1. The van der Waals surface area contributed by atoms with Crippen LogP contribution in [-0.2, 0) is 4.79 Å². The topological polar surface area (TPSA) is 125 Å². The highest BCUT2D eigenvalue weighted by Crippen LogP contribution is 2.34. The van der Waals surface area contributed by atoms with Crippen molar-refractivity contribution in [1.82, 2.24) is 10.3 Å². The van der Waals surface area contributed by atoms with Crippen LogP contribution < -0.4 is 16.5 Å². The van der Waals surface area contributed by atoms with Gasteiger partial charge in [0.25, 0.3) is 11.8 Å². The van der Waals surface area contributed by atoms with Gasteiger partial charge in [-0.25, -0.2) is 4.39 Å². The third-order valence-electron chi connectivity index (χ3n) is 5.46. The lowest BCUT2D eigenvalue weighted by molar-refractivity contribution is -0.275. The number of H-pyrrole nitrogens is 1. The Morgan fingerprint density at radius 1 is 1.27 bits per heavy atom. The number of rotatable bonds is 6. The maximum atomic E-state index is 13.6. The van der Waals surface area contributed by atoms with Crippen molar-refractivity contribution >= 4 is 29.2 Å². The molecule has 1 aromatic carbocycles. The van der Waals surface area contributed by atoms with Gasteiger partial charge in [0.2, 0.25) is 0 Å². The minimum absolute atomic E-state index is 0.120. The van der Waals surface area contributed by atoms with Crippen molar-refractivity contribution in [2.75, 3.05) is 11.9 Å². The van der Waals surface area contributed by atoms with E-state index in [-0.39, 0.29) is 11.8 Å². The summed E-state index contributed by atoms with van der Waals surface area (Å²) in [6.45, 7) is 8.56. The second-order valence-electron chi connectivity index (χ2n) is 7.26. The Kier molecular flexibility index (Phi) is 7.91. The van der Waals surface area contributed by atoms with Crippen LogP contribution >= 0.6 is 0 Å². The summed E-state index contributed by atoms with van der Waals surface area (Å²) in [6, 6.07) is 4.20. The van der Waals surface area contributed by atoms with Crippen LogP contribution in [0.1, 0.15) is 59.6 Å². The first-order valence-corrected chi connectivity index (χ1v) is 9.94. The summed E-state index contributed by atoms with van der Waals surface area (Å²) in [4.78, 5) is 28.2. The second kappa shape index (κ2) is 10.2. The third kappa shape index (κ3) is 4.77. The average Bonchev–Trinajstić information content (AvgIpc) is 3.19. The molecule has 0 saturated carbocycles. The van der Waals surface area contributed by atoms with Crippen LogP contribution in [0.5, 0.6) is 0 Å². The fourth-order valence-electron chi connectivity index (χ4n) is 3.61. The molecule has 1 aliphatic heterocycles. The van der Waals surface area contributed by atoms with E-state index in [0.29, 0.717) is 40.5 Å². The molecule has 0 aliphatic carbocycles. The fraction of sp³-hybridized carbons (Fsp3) is 0.364. The zero-order valence-electron chi connectivity index (χ0n) is 17.8. The zero-order valence-corrected chi connectivity index (χ0v) is 17.8. The van der Waals surface area contributed by atoms with Crippen molar-refractivity contribution < 1.29 is 19.9 Å². The molecule has 1 aromatic heterocycles. The number of carbonyl (C=O) groups excluding carboxylic acids is 2. The monoisotopic (exact) mass is 416 g/mol. The van der Waals surface area contributed by atoms with Gasteiger partial charge in [-0.3, -0.25) is 9.59 Å². The Morgan fingerprint density at radius 3 is 2.57 bits per heavy atom. The highest BCUT2D eigenvalue weighted by molar-refractivity contribution is 6.34. The predicted octanol–water partition coefficient (Wildman–Crippen LogP) is 3.16. The molecule has 3 rings (SSSR count). The van der Waals surface area contributed by atoms with Crippen LogP contribution in [0.3, 0.4) is 0 Å². The van der Waals surface area contributed by atoms with Gasteiger partial charge in [0, 0.05) is 29.2 Å². The molecule has 2 amide bonds. The number of nitrogens with one attached hydrogen (secondary N) is 3. The lowest BCUT2D eigenvalue weighted by Crippen LogP contribution is -2.37. The number of aromatic nitrogens is 1. The number of carbonyl (C=O) groups is 2. The number of hydrogen-bond acceptors (Lipinski definition) is 3. The fourth-order valence-corrected chi connectivity index (χ4v) is 3.61. The van der Waals surface area contributed by atoms with Crippen LogP contribution in [0.2, 0.25) is 0 Å². The summed E-state index contributed by atoms with van der Waals surface area (Å²) in [5, 5.41) is 13.8. The predicted molar refractivity (Wildman–Crippen MR) is 116 cm³/mol. The van der Waals surface area contributed by atoms with Crippen LogP contribution in [0.4, 0.5) is 10.1 Å². The first-order chi connectivity index (χ1) is 14.3. The molecule has 8 heteroatoms. The van der Waals surface area contributed by atoms with Crippen LogP contribution in [0.25, 0.3) is 11.6 Å². The minimum Gasteiger partial charge on any atom is -0.637 e. The maximum absolute atomic E-state index is 13.6. The number of quaternary nitrogens is 1. The summed E-state index contributed by atoms with van der Waals surface area (Å²) in [7, 11) is 0. The first-order valence-electron chi connectivity index (χ1n) is 9.94. The Bertz CT molecular complexity index is 962. The van der Waals surface area contributed by atoms with E-state index in [4.69, 9.17) is 5.21 Å². The van der Waals surface area contributed by atoms with Gasteiger partial charge in [-0.1, -0.05) is 26.7 Å². The standard InChI is InChI=1S/C22H26FN3O2.H3NO/c1-5-14(6-2)11-24-22(28)20-12(3)19(25-13(20)4)10-17-16-9-15(23)7-8-18(16)26-21(17)27;1-2/h7-10,14,25H,5-6,11H2,1-4H3,(H,24,28)(H,26,27);1H3. The molecule has 0 saturated heterocycles. The Hall–Kier alpha value is -2.97. The van der Waals surface area contributed by atoms with Gasteiger partial charge in [0.05, 0.1) is 11.1 Å². The van der Waals surface area contributed by atoms with Crippen molar-refractivity contribution in [1.29, 1.82) is 0 Å². The van der Waals surface area contributed by atoms with Crippen LogP contribution in [-0.4, -0.2) is 23.3 Å². The molecule has 2 aromatic rings. The average molecular weight is 416 g/mol. The zero-order chi connectivity index (χ0) is 22.4. The molecule has 0 atom stereocenters. The first kappa shape index (κ1) is 23.3. The highest BCUT2D eigenvalue weighted by Gasteiger charge is 2.26. The van der Waals surface area contributed by atoms with E-state index in [2.05, 4.69) is 29.5 Å². The number of benzene rings is 1. The van der Waals surface area contributed by atoms with E-state index in [9.17, 15) is 14.0 Å². The van der Waals surface area contributed by atoms with Gasteiger partial charge in [-0.2, -0.15) is 0 Å². The molecule has 6 N–H and O–H groups in total. The van der Waals surface area contributed by atoms with E-state index >= 15 is 0 Å². The second-order valence-corrected chi connectivity index (χ2v) is 7.26. The summed E-state index contributed by atoms with van der Waals surface area (Å²) in [6.07, 6.45) is 3.72. The van der Waals surface area contributed by atoms with Gasteiger partial charge in [0.1, 0.15) is 5.82 Å². The van der Waals surface area contributed by atoms with Crippen molar-refractivity contribution in [2.24, 2.45) is 5.92 Å². The largest absolute Gasteiger partial charge is 0.637 e. The highest BCUT2D eigenvalue weighted by atomic mass is 19.1. The van der Waals surface area contributed by atoms with E-state index < -0.39 is 5.82 Å². The lowest BCUT2D eigenvalue weighted by Gasteiger charge is -2.13. The number of hydrogen-bond donors (Lipinski definition) is 4. The van der Waals surface area contributed by atoms with Gasteiger partial charge in [-0.15, -0.1) is 0 Å². The number of halogens is 1. The third-order valence-corrected chi connectivity index (χ3v) is 5.46. The van der Waals surface area contributed by atoms with E-state index in [1.54, 1.807) is 12.1 Å². The van der Waals surface area contributed by atoms with Crippen molar-refractivity contribution in [2.45, 2.75) is 40.5 Å². The number of aryl methyl sites for hydroxylation is 1. The molecular formula is C22H29FN4O3. The number of amides is 2. The smallest absolute Gasteiger partial charge is 0.256 e. The van der Waals surface area contributed by atoms with Gasteiger partial charge < -0.3 is 26.7 Å². The summed E-state index contributed by atoms with van der Waals surface area (Å²) in [5.74, 6) is 1.65. The Balaban J connectivity index is 0.00000155. The van der Waals surface area contributed by atoms with E-state index in [1.807, 2.05) is 19.7 Å². The molecule has 0 radical (unpaired) electrons. The van der Waals surface area contributed by atoms with Crippen LogP contribution in [0, 0.1) is 30.8 Å². The lowest BCUT2D eigenvalue weighted by atomic mass is 10.0. The normalized spacial score (nSPS) is 13.7. The minimum atomic E-state index is -0.401. The molecule has 0 spiro atoms. The molecule has 0 bridgehead atoms. The maximum Gasteiger partial charge on any atom is 0.256 e. The molecule has 2 heterocycles. The number of aromatic amines is 1. The van der Waals surface area contributed by atoms with E-state index in [0.717, 1.165) is 24.1 Å². The molecule has 30 heavy (non-hydrogen) atoms. The van der Waals surface area contributed by atoms with Gasteiger partial charge in [0.15, 0.2) is 0 Å². The summed E-state index contributed by atoms with van der Waals surface area (Å²) < 4.78 is 13.6. The SMILES string of the molecule is CCC(CC)CNC(=O)c1c(C)[nH]c(C=C2C(=O)Nc3ccc(F)cc32)c1C.[NH3+][O-]. The van der Waals surface area contributed by atoms with Crippen molar-refractivity contribution in [3.63, 3.8) is 0 Å². The van der Waals surface area contributed by atoms with Crippen LogP contribution in [0.15, 0.2) is 18.2 Å². The Labute approximate surface area is 175 Å². The quantitative estimate of drug-likeness (QED) is 0.427. The molecule has 7 nitrogen and oxygen atoms in total. The molecule has 0 unspecified atom stereocenters. The van der Waals surface area contributed by atoms with Gasteiger partial charge >= 0.3 is 0 Å². The van der Waals surface area contributed by atoms with E-state index in [1.165, 1.54) is 12.1 Å². The van der Waals surface area contributed by atoms with Crippen molar-refractivity contribution in [3.05, 3.63) is 57.3 Å². The summed E-state index contributed by atoms with van der Waals surface area (Å²) in [5.41, 5.74) is 4.26. The summed E-state index contributed by atoms with van der Waals surface area (Å²) >= 11 is 0. The molecular weight excluding hydrogens is 387 g/mol. The molecule has 0 fully saturated rings. The molecule has 1 aliphatic rings. The molecule has 162 valence electrons. The Morgan fingerprint density at radius 2 is 1.93 bits per heavy atom. The van der Waals surface area contributed by atoms with Crippen molar-refractivity contribution in [3.8, 4) is 0 Å². The number of anilines is 1. The van der Waals surface area contributed by atoms with Gasteiger partial charge in [-0.05, 0) is 49.6 Å².